The lowest BCUT2D eigenvalue weighted by atomic mass is 9.88. The number of rotatable bonds is 4. The number of carboxylic acid groups (broad SMARTS) is 1. The smallest absolute Gasteiger partial charge is 0.307 e. The molecule has 2 aromatic heterocycles. The SMILES string of the molecule is Cc1ccc(-c2c(CC(=O)O)c(C)c3c4c2cc(C)n4CCN3c2nc3c(s2)CN(C)CC3)cc1. The number of anilines is 2. The van der Waals surface area contributed by atoms with E-state index in [1.165, 1.54) is 27.3 Å². The van der Waals surface area contributed by atoms with Gasteiger partial charge in [-0.2, -0.15) is 0 Å². The van der Waals surface area contributed by atoms with Crippen LogP contribution in [0.25, 0.3) is 22.0 Å². The van der Waals surface area contributed by atoms with Crippen LogP contribution in [0, 0.1) is 20.8 Å². The molecule has 4 aromatic rings. The lowest BCUT2D eigenvalue weighted by molar-refractivity contribution is -0.136. The lowest BCUT2D eigenvalue weighted by Crippen LogP contribution is -2.29. The van der Waals surface area contributed by atoms with Gasteiger partial charge in [-0.3, -0.25) is 4.79 Å². The quantitative estimate of drug-likeness (QED) is 0.415. The average Bonchev–Trinajstić information content (AvgIpc) is 3.39. The van der Waals surface area contributed by atoms with Crippen LogP contribution in [0.5, 0.6) is 0 Å². The third-order valence-corrected chi connectivity index (χ3v) is 8.64. The van der Waals surface area contributed by atoms with E-state index < -0.39 is 5.97 Å². The Balaban J connectivity index is 1.62. The molecule has 0 unspecified atom stereocenters. The summed E-state index contributed by atoms with van der Waals surface area (Å²) in [6.45, 7) is 10.0. The molecule has 7 heteroatoms. The predicted octanol–water partition coefficient (Wildman–Crippen LogP) is 5.46. The van der Waals surface area contributed by atoms with Crippen LogP contribution >= 0.6 is 11.3 Å². The summed E-state index contributed by atoms with van der Waals surface area (Å²) in [6.07, 6.45) is 0.978. The summed E-state index contributed by atoms with van der Waals surface area (Å²) in [4.78, 5) is 23.2. The van der Waals surface area contributed by atoms with Crippen LogP contribution in [0.2, 0.25) is 0 Å². The molecule has 0 amide bonds. The normalized spacial score (nSPS) is 15.6. The van der Waals surface area contributed by atoms with Gasteiger partial charge < -0.3 is 19.5 Å². The summed E-state index contributed by atoms with van der Waals surface area (Å²) >= 11 is 1.79. The molecule has 0 saturated heterocycles. The van der Waals surface area contributed by atoms with Crippen molar-refractivity contribution < 1.29 is 9.90 Å². The molecule has 2 aliphatic rings. The van der Waals surface area contributed by atoms with Crippen LogP contribution in [-0.4, -0.2) is 45.7 Å². The topological polar surface area (TPSA) is 61.6 Å². The number of carboxylic acids is 1. The van der Waals surface area contributed by atoms with E-state index in [1.807, 2.05) is 0 Å². The number of benzene rings is 2. The third kappa shape index (κ3) is 3.56. The Hall–Kier alpha value is -3.16. The Morgan fingerprint density at radius 3 is 2.63 bits per heavy atom. The number of thiazole rings is 1. The van der Waals surface area contributed by atoms with Gasteiger partial charge >= 0.3 is 5.97 Å². The molecule has 2 aliphatic heterocycles. The van der Waals surface area contributed by atoms with Crippen molar-refractivity contribution in [2.24, 2.45) is 0 Å². The van der Waals surface area contributed by atoms with E-state index in [4.69, 9.17) is 4.98 Å². The number of aliphatic carboxylic acids is 1. The Bertz CT molecular complexity index is 1480. The van der Waals surface area contributed by atoms with Crippen molar-refractivity contribution in [3.8, 4) is 11.1 Å². The molecule has 0 bridgehead atoms. The van der Waals surface area contributed by atoms with Gasteiger partial charge in [0.25, 0.3) is 0 Å². The van der Waals surface area contributed by atoms with Crippen molar-refractivity contribution in [3.05, 3.63) is 63.3 Å². The van der Waals surface area contributed by atoms with E-state index in [-0.39, 0.29) is 6.42 Å². The fraction of sp³-hybridized carbons (Fsp3) is 0.357. The van der Waals surface area contributed by atoms with Crippen LogP contribution < -0.4 is 4.90 Å². The molecule has 35 heavy (non-hydrogen) atoms. The zero-order valence-corrected chi connectivity index (χ0v) is 21.5. The van der Waals surface area contributed by atoms with Crippen molar-refractivity contribution in [3.63, 3.8) is 0 Å². The highest BCUT2D eigenvalue weighted by atomic mass is 32.1. The second-order valence-corrected chi connectivity index (χ2v) is 11.0. The van der Waals surface area contributed by atoms with Gasteiger partial charge in [-0.15, -0.1) is 0 Å². The van der Waals surface area contributed by atoms with Crippen LogP contribution in [0.1, 0.15) is 33.0 Å². The van der Waals surface area contributed by atoms with Gasteiger partial charge in [-0.05, 0) is 56.1 Å². The minimum atomic E-state index is -0.806. The average molecular weight is 487 g/mol. The van der Waals surface area contributed by atoms with Gasteiger partial charge in [0.1, 0.15) is 0 Å². The van der Waals surface area contributed by atoms with Gasteiger partial charge in [-0.1, -0.05) is 41.2 Å². The Morgan fingerprint density at radius 2 is 1.89 bits per heavy atom. The van der Waals surface area contributed by atoms with Crippen LogP contribution in [0.15, 0.2) is 30.3 Å². The van der Waals surface area contributed by atoms with Crippen molar-refractivity contribution in [1.82, 2.24) is 14.5 Å². The molecular formula is C28H30N4O2S. The number of carbonyl (C=O) groups is 1. The lowest BCUT2D eigenvalue weighted by Gasteiger charge is -2.32. The van der Waals surface area contributed by atoms with Gasteiger partial charge in [-0.25, -0.2) is 4.98 Å². The molecule has 2 aromatic carbocycles. The van der Waals surface area contributed by atoms with Crippen LogP contribution in [0.3, 0.4) is 0 Å². The summed E-state index contributed by atoms with van der Waals surface area (Å²) < 4.78 is 2.40. The Labute approximate surface area is 209 Å². The first-order valence-corrected chi connectivity index (χ1v) is 13.0. The van der Waals surface area contributed by atoms with Crippen molar-refractivity contribution in [1.29, 1.82) is 0 Å². The standard InChI is InChI=1S/C28H30N4O2S/c1-16-5-7-19(8-6-16)25-20(14-24(33)34)18(3)26-27-21(25)13-17(2)31(27)11-12-32(26)28-29-22-9-10-30(4)15-23(22)35-28/h5-8,13H,9-12,14-15H2,1-4H3,(H,33,34). The fourth-order valence-corrected chi connectivity index (χ4v) is 6.98. The third-order valence-electron chi connectivity index (χ3n) is 7.53. The highest BCUT2D eigenvalue weighted by Crippen LogP contribution is 2.47. The molecular weight excluding hydrogens is 456 g/mol. The minimum absolute atomic E-state index is 0.00475. The Morgan fingerprint density at radius 1 is 1.11 bits per heavy atom. The highest BCUT2D eigenvalue weighted by molar-refractivity contribution is 7.15. The molecule has 0 aliphatic carbocycles. The monoisotopic (exact) mass is 486 g/mol. The number of likely N-dealkylation sites (N-methyl/N-ethyl adjacent to an activating group) is 1. The van der Waals surface area contributed by atoms with E-state index >= 15 is 0 Å². The van der Waals surface area contributed by atoms with E-state index in [0.717, 1.165) is 71.1 Å². The number of hydrogen-bond donors (Lipinski definition) is 1. The zero-order valence-electron chi connectivity index (χ0n) is 20.7. The van der Waals surface area contributed by atoms with E-state index in [2.05, 4.69) is 72.5 Å². The molecule has 0 atom stereocenters. The molecule has 6 rings (SSSR count). The molecule has 0 fully saturated rings. The van der Waals surface area contributed by atoms with Gasteiger partial charge in [0.2, 0.25) is 0 Å². The van der Waals surface area contributed by atoms with Gasteiger partial charge in [0, 0.05) is 48.6 Å². The number of fused-ring (bicyclic) bond motifs is 1. The fourth-order valence-electron chi connectivity index (χ4n) is 5.76. The Kier molecular flexibility index (Phi) is 5.23. The molecule has 1 N–H and O–H groups in total. The maximum atomic E-state index is 12.1. The van der Waals surface area contributed by atoms with Crippen molar-refractivity contribution in [2.75, 3.05) is 25.0 Å². The minimum Gasteiger partial charge on any atom is -0.481 e. The van der Waals surface area contributed by atoms with Crippen molar-refractivity contribution >= 4 is 39.0 Å². The summed E-state index contributed by atoms with van der Waals surface area (Å²) in [6, 6.07) is 10.7. The van der Waals surface area contributed by atoms with Crippen LogP contribution in [0.4, 0.5) is 10.8 Å². The molecule has 180 valence electrons. The maximum absolute atomic E-state index is 12.1. The van der Waals surface area contributed by atoms with Crippen molar-refractivity contribution in [2.45, 2.75) is 46.7 Å². The highest BCUT2D eigenvalue weighted by Gasteiger charge is 2.31. The molecule has 0 saturated carbocycles. The molecule has 6 nitrogen and oxygen atoms in total. The predicted molar refractivity (Wildman–Crippen MR) is 142 cm³/mol. The first-order valence-electron chi connectivity index (χ1n) is 12.2. The largest absolute Gasteiger partial charge is 0.481 e. The van der Waals surface area contributed by atoms with E-state index in [0.29, 0.717) is 0 Å². The van der Waals surface area contributed by atoms with E-state index in [1.54, 1.807) is 11.3 Å². The summed E-state index contributed by atoms with van der Waals surface area (Å²) in [5.74, 6) is -0.806. The summed E-state index contributed by atoms with van der Waals surface area (Å²) in [5.41, 5.74) is 9.99. The first-order chi connectivity index (χ1) is 16.8. The van der Waals surface area contributed by atoms with Crippen LogP contribution in [-0.2, 0) is 30.7 Å². The molecule has 4 heterocycles. The zero-order chi connectivity index (χ0) is 24.4. The number of aromatic nitrogens is 2. The van der Waals surface area contributed by atoms with E-state index in [9.17, 15) is 9.90 Å². The second kappa shape index (κ2) is 8.21. The second-order valence-electron chi connectivity index (χ2n) is 9.97. The number of hydrogen-bond acceptors (Lipinski definition) is 5. The first kappa shape index (κ1) is 22.3. The summed E-state index contributed by atoms with van der Waals surface area (Å²) in [7, 11) is 2.16. The molecule has 0 spiro atoms. The number of nitrogens with zero attached hydrogens (tertiary/aromatic N) is 4. The number of aryl methyl sites for hydroxylation is 2. The maximum Gasteiger partial charge on any atom is 0.307 e. The molecule has 0 radical (unpaired) electrons. The van der Waals surface area contributed by atoms with Gasteiger partial charge in [0.15, 0.2) is 5.13 Å². The summed E-state index contributed by atoms with van der Waals surface area (Å²) in [5, 5.41) is 12.1. The van der Waals surface area contributed by atoms with Gasteiger partial charge in [0.05, 0.1) is 23.3 Å².